The van der Waals surface area contributed by atoms with E-state index in [4.69, 9.17) is 21.4 Å². The van der Waals surface area contributed by atoms with Crippen molar-refractivity contribution in [1.29, 1.82) is 0 Å². The maximum absolute atomic E-state index is 13.5. The number of rotatable bonds is 7. The Hall–Kier alpha value is -3.28. The number of imidazole rings is 1. The Labute approximate surface area is 195 Å². The van der Waals surface area contributed by atoms with Gasteiger partial charge in [-0.2, -0.15) is 22.0 Å². The molecule has 7 nitrogen and oxygen atoms in total. The molecule has 0 amide bonds. The lowest BCUT2D eigenvalue weighted by atomic mass is 9.95. The average molecular weight is 505 g/mol. The summed E-state index contributed by atoms with van der Waals surface area (Å²) in [5.41, 5.74) is -0.890. The summed E-state index contributed by atoms with van der Waals surface area (Å²) in [6.45, 7) is 4.66. The number of carboxylic acid groups (broad SMARTS) is 1. The first-order valence-electron chi connectivity index (χ1n) is 9.62. The molecule has 0 aliphatic heterocycles. The molecule has 34 heavy (non-hydrogen) atoms. The van der Waals surface area contributed by atoms with Crippen LogP contribution in [-0.4, -0.2) is 43.8 Å². The molecule has 182 valence electrons. The van der Waals surface area contributed by atoms with E-state index >= 15 is 0 Å². The minimum absolute atomic E-state index is 0.0448. The van der Waals surface area contributed by atoms with E-state index < -0.39 is 29.2 Å². The van der Waals surface area contributed by atoms with Gasteiger partial charge in [0.1, 0.15) is 18.0 Å². The SMILES string of the molecule is Cc1cc(OCC(C)(C)C(=O)O)ncc1-c1cnc(-c2ncc(C(F)(F)C(F)(F)F)[nH]2)c(Cl)c1. The number of hydrogen-bond donors (Lipinski definition) is 2. The number of H-pyrrole nitrogens is 1. The van der Waals surface area contributed by atoms with Crippen LogP contribution in [-0.2, 0) is 10.7 Å². The molecule has 0 radical (unpaired) electrons. The molecular formula is C21H18ClF5N4O3. The van der Waals surface area contributed by atoms with Crippen molar-refractivity contribution in [1.82, 2.24) is 19.9 Å². The second-order valence-corrected chi connectivity index (χ2v) is 8.49. The van der Waals surface area contributed by atoms with Gasteiger partial charge in [0, 0.05) is 29.6 Å². The van der Waals surface area contributed by atoms with E-state index in [9.17, 15) is 26.7 Å². The summed E-state index contributed by atoms with van der Waals surface area (Å²) in [4.78, 5) is 24.9. The van der Waals surface area contributed by atoms with Gasteiger partial charge in [0.25, 0.3) is 0 Å². The van der Waals surface area contributed by atoms with Crippen molar-refractivity contribution in [2.45, 2.75) is 32.9 Å². The van der Waals surface area contributed by atoms with Crippen LogP contribution in [0, 0.1) is 12.3 Å². The predicted octanol–water partition coefficient (Wildman–Crippen LogP) is 5.64. The number of aromatic nitrogens is 4. The lowest BCUT2D eigenvalue weighted by molar-refractivity contribution is -0.290. The smallest absolute Gasteiger partial charge is 0.459 e. The Morgan fingerprint density at radius 3 is 2.32 bits per heavy atom. The normalized spacial score (nSPS) is 12.6. The quantitative estimate of drug-likeness (QED) is 0.404. The maximum atomic E-state index is 13.5. The molecule has 3 rings (SSSR count). The van der Waals surface area contributed by atoms with Crippen LogP contribution < -0.4 is 4.74 Å². The monoisotopic (exact) mass is 504 g/mol. The van der Waals surface area contributed by atoms with Crippen molar-refractivity contribution in [3.8, 4) is 28.5 Å². The first kappa shape index (κ1) is 25.3. The average Bonchev–Trinajstić information content (AvgIpc) is 3.22. The molecule has 0 aliphatic rings. The van der Waals surface area contributed by atoms with Crippen molar-refractivity contribution >= 4 is 17.6 Å². The summed E-state index contributed by atoms with van der Waals surface area (Å²) >= 11 is 6.21. The van der Waals surface area contributed by atoms with Crippen molar-refractivity contribution in [3.63, 3.8) is 0 Å². The number of alkyl halides is 5. The predicted molar refractivity (Wildman–Crippen MR) is 112 cm³/mol. The van der Waals surface area contributed by atoms with E-state index in [2.05, 4.69) is 15.0 Å². The topological polar surface area (TPSA) is 101 Å². The fourth-order valence-corrected chi connectivity index (χ4v) is 3.00. The lowest BCUT2D eigenvalue weighted by Gasteiger charge is -2.19. The summed E-state index contributed by atoms with van der Waals surface area (Å²) in [6, 6.07) is 3.03. The molecular weight excluding hydrogens is 487 g/mol. The first-order valence-corrected chi connectivity index (χ1v) is 10.0. The second kappa shape index (κ2) is 8.82. The molecule has 3 aromatic rings. The number of halogens is 6. The molecule has 0 atom stereocenters. The third-order valence-electron chi connectivity index (χ3n) is 4.89. The summed E-state index contributed by atoms with van der Waals surface area (Å²) in [5.74, 6) is -6.28. The number of aryl methyl sites for hydroxylation is 1. The molecule has 0 saturated heterocycles. The Kier molecular flexibility index (Phi) is 6.57. The summed E-state index contributed by atoms with van der Waals surface area (Å²) in [7, 11) is 0. The van der Waals surface area contributed by atoms with Crippen LogP contribution in [0.4, 0.5) is 22.0 Å². The Morgan fingerprint density at radius 2 is 1.76 bits per heavy atom. The highest BCUT2D eigenvalue weighted by molar-refractivity contribution is 6.33. The largest absolute Gasteiger partial charge is 0.481 e. The van der Waals surface area contributed by atoms with Crippen LogP contribution in [0.2, 0.25) is 5.02 Å². The van der Waals surface area contributed by atoms with Crippen molar-refractivity contribution in [2.24, 2.45) is 5.41 Å². The summed E-state index contributed by atoms with van der Waals surface area (Å²) in [5, 5.41) is 9.12. The number of carboxylic acids is 1. The molecule has 0 bridgehead atoms. The molecule has 2 N–H and O–H groups in total. The fourth-order valence-electron chi connectivity index (χ4n) is 2.74. The van der Waals surface area contributed by atoms with E-state index in [1.165, 1.54) is 32.3 Å². The van der Waals surface area contributed by atoms with Gasteiger partial charge < -0.3 is 14.8 Å². The standard InChI is InChI=1S/C21H18ClF5N4O3/c1-10-4-15(34-9-19(2,3)18(32)33)28-7-12(10)11-5-13(22)16(29-6-11)17-30-8-14(31-17)20(23,24)21(25,26)27/h4-8H,9H2,1-3H3,(H,30,31)(H,32,33). The Bertz CT molecular complexity index is 1230. The van der Waals surface area contributed by atoms with Gasteiger partial charge in [0.05, 0.1) is 16.6 Å². The zero-order valence-corrected chi connectivity index (χ0v) is 18.7. The maximum Gasteiger partial charge on any atom is 0.459 e. The molecule has 13 heteroatoms. The molecule has 0 aromatic carbocycles. The summed E-state index contributed by atoms with van der Waals surface area (Å²) < 4.78 is 70.2. The molecule has 0 fully saturated rings. The zero-order valence-electron chi connectivity index (χ0n) is 18.0. The number of aliphatic carboxylic acids is 1. The first-order chi connectivity index (χ1) is 15.6. The molecule has 3 aromatic heterocycles. The third kappa shape index (κ3) is 4.96. The minimum Gasteiger partial charge on any atom is -0.481 e. The van der Waals surface area contributed by atoms with E-state index in [0.29, 0.717) is 22.9 Å². The van der Waals surface area contributed by atoms with Crippen LogP contribution in [0.3, 0.4) is 0 Å². The van der Waals surface area contributed by atoms with Crippen LogP contribution in [0.25, 0.3) is 22.6 Å². The second-order valence-electron chi connectivity index (χ2n) is 8.09. The van der Waals surface area contributed by atoms with Gasteiger partial charge in [-0.1, -0.05) is 11.6 Å². The molecule has 3 heterocycles. The molecule has 0 unspecified atom stereocenters. The van der Waals surface area contributed by atoms with Gasteiger partial charge in [0.15, 0.2) is 5.82 Å². The minimum atomic E-state index is -5.79. The highest BCUT2D eigenvalue weighted by atomic mass is 35.5. The fraction of sp³-hybridized carbons (Fsp3) is 0.333. The number of nitrogens with one attached hydrogen (secondary N) is 1. The van der Waals surface area contributed by atoms with Crippen LogP contribution in [0.5, 0.6) is 5.88 Å². The highest BCUT2D eigenvalue weighted by Crippen LogP contribution is 2.43. The van der Waals surface area contributed by atoms with Crippen molar-refractivity contribution in [2.75, 3.05) is 6.61 Å². The van der Waals surface area contributed by atoms with Gasteiger partial charge in [-0.3, -0.25) is 9.78 Å². The van der Waals surface area contributed by atoms with E-state index in [0.717, 1.165) is 0 Å². The van der Waals surface area contributed by atoms with Crippen LogP contribution in [0.1, 0.15) is 25.1 Å². The zero-order chi connectivity index (χ0) is 25.5. The highest BCUT2D eigenvalue weighted by Gasteiger charge is 2.60. The van der Waals surface area contributed by atoms with Crippen LogP contribution >= 0.6 is 11.6 Å². The van der Waals surface area contributed by atoms with Crippen molar-refractivity contribution < 1.29 is 36.6 Å². The Balaban J connectivity index is 1.84. The number of nitrogens with zero attached hydrogens (tertiary/aromatic N) is 3. The van der Waals surface area contributed by atoms with E-state index in [1.54, 1.807) is 13.0 Å². The van der Waals surface area contributed by atoms with Gasteiger partial charge in [-0.05, 0) is 32.4 Å². The number of ether oxygens (including phenoxy) is 1. The summed E-state index contributed by atoms with van der Waals surface area (Å²) in [6.07, 6.45) is -2.61. The molecule has 0 spiro atoms. The number of carbonyl (C=O) groups is 1. The lowest BCUT2D eigenvalue weighted by Crippen LogP contribution is -2.33. The molecule has 0 saturated carbocycles. The Morgan fingerprint density at radius 1 is 1.09 bits per heavy atom. The van der Waals surface area contributed by atoms with Gasteiger partial charge in [-0.15, -0.1) is 0 Å². The van der Waals surface area contributed by atoms with Crippen LogP contribution in [0.15, 0.2) is 30.7 Å². The molecule has 0 aliphatic carbocycles. The van der Waals surface area contributed by atoms with Gasteiger partial charge in [0.2, 0.25) is 5.88 Å². The van der Waals surface area contributed by atoms with Gasteiger partial charge in [-0.25, -0.2) is 9.97 Å². The van der Waals surface area contributed by atoms with Gasteiger partial charge >= 0.3 is 18.1 Å². The van der Waals surface area contributed by atoms with E-state index in [-0.39, 0.29) is 29.0 Å². The number of pyridine rings is 2. The third-order valence-corrected chi connectivity index (χ3v) is 5.18. The van der Waals surface area contributed by atoms with Crippen molar-refractivity contribution in [3.05, 3.63) is 47.0 Å². The number of aromatic amines is 1. The van der Waals surface area contributed by atoms with E-state index in [1.807, 2.05) is 4.98 Å². The number of hydrogen-bond acceptors (Lipinski definition) is 5.